The fourth-order valence-electron chi connectivity index (χ4n) is 1.71. The van der Waals surface area contributed by atoms with E-state index in [1.165, 1.54) is 18.7 Å². The first-order chi connectivity index (χ1) is 11.5. The number of nitrogens with one attached hydrogen (secondary N) is 2. The number of carbonyl (C=O) groups is 1. The van der Waals surface area contributed by atoms with Crippen LogP contribution in [0.2, 0.25) is 0 Å². The van der Waals surface area contributed by atoms with E-state index in [1.54, 1.807) is 0 Å². The Morgan fingerprint density at radius 1 is 1.46 bits per heavy atom. The van der Waals surface area contributed by atoms with Crippen molar-refractivity contribution in [3.8, 4) is 0 Å². The molecule has 0 aliphatic rings. The van der Waals surface area contributed by atoms with Gasteiger partial charge in [0.1, 0.15) is 0 Å². The minimum atomic E-state index is -0.0988. The predicted octanol–water partition coefficient (Wildman–Crippen LogP) is 2.43. The second-order valence-electron chi connectivity index (χ2n) is 4.76. The third kappa shape index (κ3) is 5.05. The molecule has 10 heteroatoms. The molecule has 1 heterocycles. The largest absolute Gasteiger partial charge is 0.356 e. The van der Waals surface area contributed by atoms with Crippen LogP contribution in [0.15, 0.2) is 37.3 Å². The normalized spacial score (nSPS) is 11.4. The number of aryl methyl sites for hydroxylation is 1. The predicted molar refractivity (Wildman–Crippen MR) is 93.7 cm³/mol. The third-order valence-corrected chi connectivity index (χ3v) is 4.70. The van der Waals surface area contributed by atoms with E-state index < -0.39 is 0 Å². The van der Waals surface area contributed by atoms with E-state index in [9.17, 15) is 10.0 Å². The Morgan fingerprint density at radius 3 is 2.92 bits per heavy atom. The van der Waals surface area contributed by atoms with Crippen LogP contribution in [-0.4, -0.2) is 39.6 Å². The summed E-state index contributed by atoms with van der Waals surface area (Å²) in [6.45, 7) is 3.90. The van der Waals surface area contributed by atoms with E-state index in [0.717, 1.165) is 10.0 Å². The Balaban J connectivity index is 2.15. The van der Waals surface area contributed by atoms with E-state index in [-0.39, 0.29) is 11.7 Å². The van der Waals surface area contributed by atoms with Crippen LogP contribution in [0.5, 0.6) is 0 Å². The highest BCUT2D eigenvalue weighted by Gasteiger charge is 2.17. The maximum Gasteiger partial charge on any atom is 0.216 e. The lowest BCUT2D eigenvalue weighted by Crippen LogP contribution is -2.23. The number of amides is 1. The second-order valence-corrected chi connectivity index (χ2v) is 6.69. The van der Waals surface area contributed by atoms with Crippen LogP contribution < -0.4 is 10.8 Å². The number of hydrogen-bond donors (Lipinski definition) is 3. The Bertz CT molecular complexity index is 750. The molecule has 2 rings (SSSR count). The van der Waals surface area contributed by atoms with Crippen LogP contribution in [0, 0.1) is 6.92 Å². The topological polar surface area (TPSA) is 113 Å². The highest BCUT2D eigenvalue weighted by molar-refractivity contribution is 9.10. The van der Waals surface area contributed by atoms with Gasteiger partial charge in [0.2, 0.25) is 5.91 Å². The number of rotatable bonds is 6. The molecule has 0 bridgehead atoms. The van der Waals surface area contributed by atoms with Crippen LogP contribution in [0.1, 0.15) is 18.2 Å². The zero-order valence-corrected chi connectivity index (χ0v) is 15.4. The van der Waals surface area contributed by atoms with Gasteiger partial charge in [-0.3, -0.25) is 15.5 Å². The zero-order chi connectivity index (χ0) is 17.5. The van der Waals surface area contributed by atoms with Crippen molar-refractivity contribution < 1.29 is 14.6 Å². The molecule has 8 nitrogen and oxygen atoms in total. The summed E-state index contributed by atoms with van der Waals surface area (Å²) >= 11 is 4.77. The van der Waals surface area contributed by atoms with Crippen molar-refractivity contribution in [2.45, 2.75) is 18.9 Å². The molecule has 0 spiro atoms. The fourth-order valence-corrected chi connectivity index (χ4v) is 2.83. The van der Waals surface area contributed by atoms with Crippen molar-refractivity contribution in [2.24, 2.45) is 4.99 Å². The Morgan fingerprint density at radius 2 is 2.25 bits per heavy atom. The summed E-state index contributed by atoms with van der Waals surface area (Å²) in [4.78, 5) is 15.2. The van der Waals surface area contributed by atoms with Crippen molar-refractivity contribution in [2.75, 3.05) is 12.3 Å². The van der Waals surface area contributed by atoms with E-state index >= 15 is 0 Å². The number of benzene rings is 1. The second kappa shape index (κ2) is 8.81. The number of thioether (sulfide) groups is 1. The van der Waals surface area contributed by atoms with Gasteiger partial charge in [0.15, 0.2) is 16.6 Å². The van der Waals surface area contributed by atoms with Gasteiger partial charge in [-0.05, 0) is 34.9 Å². The minimum absolute atomic E-state index is 0.0988. The van der Waals surface area contributed by atoms with Gasteiger partial charge < -0.3 is 5.32 Å². The molecule has 0 radical (unpaired) electrons. The number of hydrogen-bond acceptors (Lipinski definition) is 7. The molecule has 128 valence electrons. The van der Waals surface area contributed by atoms with Crippen molar-refractivity contribution in [1.82, 2.24) is 21.1 Å². The third-order valence-electron chi connectivity index (χ3n) is 2.90. The molecule has 0 aliphatic carbocycles. The molecular weight excluding hydrogens is 398 g/mol. The van der Waals surface area contributed by atoms with E-state index in [2.05, 4.69) is 36.6 Å². The first-order valence-electron chi connectivity index (χ1n) is 6.96. The Hall–Kier alpha value is -1.91. The first-order valence-corrected chi connectivity index (χ1v) is 8.74. The Kier molecular flexibility index (Phi) is 6.76. The number of carbonyl (C=O) groups excluding carboxylic acids is 1. The molecule has 0 atom stereocenters. The van der Waals surface area contributed by atoms with Crippen LogP contribution >= 0.6 is 27.7 Å². The summed E-state index contributed by atoms with van der Waals surface area (Å²) in [5, 5.41) is 20.1. The van der Waals surface area contributed by atoms with Gasteiger partial charge in [0, 0.05) is 23.7 Å². The zero-order valence-electron chi connectivity index (χ0n) is 13.0. The fraction of sp³-hybridized carbons (Fsp3) is 0.286. The molecule has 24 heavy (non-hydrogen) atoms. The lowest BCUT2D eigenvalue weighted by atomic mass is 10.2. The number of aliphatic imine (C=N–C) groups is 1. The first kappa shape index (κ1) is 18.4. The van der Waals surface area contributed by atoms with Gasteiger partial charge >= 0.3 is 0 Å². The van der Waals surface area contributed by atoms with Gasteiger partial charge in [0.25, 0.3) is 0 Å². The van der Waals surface area contributed by atoms with Crippen molar-refractivity contribution >= 4 is 45.1 Å². The summed E-state index contributed by atoms with van der Waals surface area (Å²) in [6.07, 6.45) is 0. The van der Waals surface area contributed by atoms with Crippen LogP contribution in [0.3, 0.4) is 0 Å². The van der Waals surface area contributed by atoms with Crippen molar-refractivity contribution in [1.29, 1.82) is 0 Å². The van der Waals surface area contributed by atoms with Crippen LogP contribution in [0.4, 0.5) is 5.69 Å². The smallest absolute Gasteiger partial charge is 0.216 e. The van der Waals surface area contributed by atoms with Gasteiger partial charge in [-0.2, -0.15) is 0 Å². The van der Waals surface area contributed by atoms with E-state index in [4.69, 9.17) is 4.63 Å². The summed E-state index contributed by atoms with van der Waals surface area (Å²) in [5.74, 6) is 0.600. The maximum absolute atomic E-state index is 10.8. The summed E-state index contributed by atoms with van der Waals surface area (Å²) in [6, 6.07) is 5.54. The number of amidine groups is 1. The number of halogens is 1. The average molecular weight is 414 g/mol. The molecule has 1 aromatic carbocycles. The number of nitrogens with zero attached hydrogens (tertiary/aromatic N) is 3. The summed E-state index contributed by atoms with van der Waals surface area (Å²) in [5.41, 5.74) is 4.02. The van der Waals surface area contributed by atoms with Crippen molar-refractivity contribution in [3.05, 3.63) is 33.9 Å². The lowest BCUT2D eigenvalue weighted by Gasteiger charge is -2.04. The molecule has 0 fully saturated rings. The molecule has 2 aromatic rings. The van der Waals surface area contributed by atoms with Crippen molar-refractivity contribution in [3.63, 3.8) is 0 Å². The molecule has 0 saturated heterocycles. The standard InChI is InChI=1S/C14H16BrN5O3S/c1-8-3-4-10(7-11(8)15)17-13(18-22)12-14(20-23-19-12)24-6-5-16-9(2)21/h3-4,7,22H,5-6H2,1-2H3,(H,16,21)(H,17,18). The van der Waals surface area contributed by atoms with E-state index in [0.29, 0.717) is 28.7 Å². The summed E-state index contributed by atoms with van der Waals surface area (Å²) < 4.78 is 5.64. The van der Waals surface area contributed by atoms with Crippen LogP contribution in [-0.2, 0) is 4.79 Å². The molecule has 0 unspecified atom stereocenters. The highest BCUT2D eigenvalue weighted by atomic mass is 79.9. The SMILES string of the molecule is CC(=O)NCCSc1nonc1C(=Nc1ccc(C)c(Br)c1)NO. The van der Waals surface area contributed by atoms with E-state index in [1.807, 2.05) is 30.6 Å². The summed E-state index contributed by atoms with van der Waals surface area (Å²) in [7, 11) is 0. The molecule has 0 saturated carbocycles. The Labute approximate surface area is 151 Å². The average Bonchev–Trinajstić information content (AvgIpc) is 3.00. The molecular formula is C14H16BrN5O3S. The molecule has 3 N–H and O–H groups in total. The highest BCUT2D eigenvalue weighted by Crippen LogP contribution is 2.24. The monoisotopic (exact) mass is 413 g/mol. The van der Waals surface area contributed by atoms with Crippen LogP contribution in [0.25, 0.3) is 0 Å². The number of aromatic nitrogens is 2. The van der Waals surface area contributed by atoms with Gasteiger partial charge in [-0.25, -0.2) is 9.62 Å². The lowest BCUT2D eigenvalue weighted by molar-refractivity contribution is -0.118. The maximum atomic E-state index is 10.8. The van der Waals surface area contributed by atoms with Gasteiger partial charge in [-0.1, -0.05) is 33.8 Å². The minimum Gasteiger partial charge on any atom is -0.356 e. The quantitative estimate of drug-likeness (QED) is 0.219. The number of hydroxylamine groups is 1. The molecule has 0 aliphatic heterocycles. The van der Waals surface area contributed by atoms with Gasteiger partial charge in [-0.15, -0.1) is 0 Å². The van der Waals surface area contributed by atoms with Gasteiger partial charge in [0.05, 0.1) is 5.69 Å². The molecule has 1 amide bonds. The molecule has 1 aromatic heterocycles.